The molecule has 0 aliphatic heterocycles. The maximum Gasteiger partial charge on any atom is 0.241 e. The Hall–Kier alpha value is -0.920. The molecule has 0 unspecified atom stereocenters. The zero-order valence-corrected chi connectivity index (χ0v) is 12.7. The molecule has 1 rings (SSSR count). The van der Waals surface area contributed by atoms with E-state index in [1.54, 1.807) is 26.2 Å². The molecule has 1 atom stereocenters. The van der Waals surface area contributed by atoms with Crippen LogP contribution in [0, 0.1) is 0 Å². The summed E-state index contributed by atoms with van der Waals surface area (Å²) in [5.41, 5.74) is 0. The van der Waals surface area contributed by atoms with Crippen LogP contribution < -0.4 is 4.72 Å². The SMILES string of the molecule is C[C@H](NS(=O)(=O)c1ccc(Br)cc1)C(=O)N(C)C. The van der Waals surface area contributed by atoms with Crippen LogP contribution in [0.5, 0.6) is 0 Å². The average Bonchev–Trinajstić information content (AvgIpc) is 2.27. The number of amides is 1. The lowest BCUT2D eigenvalue weighted by molar-refractivity contribution is -0.130. The summed E-state index contributed by atoms with van der Waals surface area (Å²) >= 11 is 3.23. The molecule has 7 heteroatoms. The molecule has 0 aliphatic carbocycles. The Morgan fingerprint density at radius 3 is 2.22 bits per heavy atom. The number of sulfonamides is 1. The average molecular weight is 335 g/mol. The number of carbonyl (C=O) groups excluding carboxylic acids is 1. The molecule has 18 heavy (non-hydrogen) atoms. The van der Waals surface area contributed by atoms with Crippen LogP contribution in [0.2, 0.25) is 0 Å². The van der Waals surface area contributed by atoms with Gasteiger partial charge in [0.2, 0.25) is 15.9 Å². The van der Waals surface area contributed by atoms with E-state index in [1.807, 2.05) is 0 Å². The van der Waals surface area contributed by atoms with E-state index < -0.39 is 16.1 Å². The molecule has 0 saturated carbocycles. The van der Waals surface area contributed by atoms with E-state index in [4.69, 9.17) is 0 Å². The van der Waals surface area contributed by atoms with Crippen LogP contribution in [0.3, 0.4) is 0 Å². The molecule has 0 saturated heterocycles. The first-order chi connectivity index (χ1) is 8.24. The van der Waals surface area contributed by atoms with Gasteiger partial charge in [0.1, 0.15) is 0 Å². The van der Waals surface area contributed by atoms with Crippen molar-refractivity contribution in [2.75, 3.05) is 14.1 Å². The maximum absolute atomic E-state index is 12.0. The fraction of sp³-hybridized carbons (Fsp3) is 0.364. The van der Waals surface area contributed by atoms with Crippen molar-refractivity contribution >= 4 is 31.9 Å². The van der Waals surface area contributed by atoms with Gasteiger partial charge in [-0.1, -0.05) is 15.9 Å². The quantitative estimate of drug-likeness (QED) is 0.899. The molecule has 0 fully saturated rings. The summed E-state index contributed by atoms with van der Waals surface area (Å²) in [5.74, 6) is -0.296. The molecule has 0 aromatic heterocycles. The molecule has 1 N–H and O–H groups in total. The molecule has 1 aromatic carbocycles. The third-order valence-corrected chi connectivity index (χ3v) is 4.35. The van der Waals surface area contributed by atoms with E-state index in [1.165, 1.54) is 24.0 Å². The van der Waals surface area contributed by atoms with Crippen LogP contribution in [-0.4, -0.2) is 39.4 Å². The molecular formula is C11H15BrN2O3S. The zero-order valence-electron chi connectivity index (χ0n) is 10.3. The summed E-state index contributed by atoms with van der Waals surface area (Å²) in [7, 11) is -0.521. The lowest BCUT2D eigenvalue weighted by Gasteiger charge is -2.18. The van der Waals surface area contributed by atoms with Gasteiger partial charge >= 0.3 is 0 Å². The fourth-order valence-electron chi connectivity index (χ4n) is 1.35. The largest absolute Gasteiger partial charge is 0.347 e. The normalized spacial score (nSPS) is 13.1. The third kappa shape index (κ3) is 3.79. The Kier molecular flexibility index (Phi) is 4.89. The Labute approximate surface area is 115 Å². The van der Waals surface area contributed by atoms with Crippen molar-refractivity contribution in [3.05, 3.63) is 28.7 Å². The predicted octanol–water partition coefficient (Wildman–Crippen LogP) is 1.20. The van der Waals surface area contributed by atoms with E-state index in [-0.39, 0.29) is 10.8 Å². The second-order valence-electron chi connectivity index (χ2n) is 4.03. The minimum Gasteiger partial charge on any atom is -0.347 e. The molecule has 1 aromatic rings. The first kappa shape index (κ1) is 15.1. The monoisotopic (exact) mass is 334 g/mol. The second kappa shape index (κ2) is 5.81. The number of hydrogen-bond acceptors (Lipinski definition) is 3. The Morgan fingerprint density at radius 2 is 1.78 bits per heavy atom. The number of nitrogens with zero attached hydrogens (tertiary/aromatic N) is 1. The van der Waals surface area contributed by atoms with Gasteiger partial charge in [-0.15, -0.1) is 0 Å². The van der Waals surface area contributed by atoms with Gasteiger partial charge in [0.05, 0.1) is 10.9 Å². The van der Waals surface area contributed by atoms with Crippen molar-refractivity contribution in [2.24, 2.45) is 0 Å². The highest BCUT2D eigenvalue weighted by Crippen LogP contribution is 2.14. The summed E-state index contributed by atoms with van der Waals surface area (Å²) in [6.07, 6.45) is 0. The highest BCUT2D eigenvalue weighted by Gasteiger charge is 2.22. The number of likely N-dealkylation sites (N-methyl/N-ethyl adjacent to an activating group) is 1. The minimum absolute atomic E-state index is 0.129. The van der Waals surface area contributed by atoms with E-state index >= 15 is 0 Å². The van der Waals surface area contributed by atoms with Crippen molar-refractivity contribution in [1.29, 1.82) is 0 Å². The van der Waals surface area contributed by atoms with Gasteiger partial charge < -0.3 is 4.90 Å². The molecule has 0 aliphatic rings. The van der Waals surface area contributed by atoms with Crippen molar-refractivity contribution in [3.63, 3.8) is 0 Å². The topological polar surface area (TPSA) is 66.5 Å². The Balaban J connectivity index is 2.89. The summed E-state index contributed by atoms with van der Waals surface area (Å²) in [5, 5.41) is 0. The van der Waals surface area contributed by atoms with Crippen LogP contribution in [0.25, 0.3) is 0 Å². The number of hydrogen-bond donors (Lipinski definition) is 1. The minimum atomic E-state index is -3.67. The molecule has 0 spiro atoms. The van der Waals surface area contributed by atoms with Crippen molar-refractivity contribution < 1.29 is 13.2 Å². The summed E-state index contributed by atoms with van der Waals surface area (Å²) in [4.78, 5) is 13.1. The van der Waals surface area contributed by atoms with Gasteiger partial charge in [0.15, 0.2) is 0 Å². The van der Waals surface area contributed by atoms with E-state index in [0.29, 0.717) is 0 Å². The maximum atomic E-state index is 12.0. The standard InChI is InChI=1S/C11H15BrN2O3S/c1-8(11(15)14(2)3)13-18(16,17)10-6-4-9(12)5-7-10/h4-8,13H,1-3H3/t8-/m0/s1. The van der Waals surface area contributed by atoms with Gasteiger partial charge in [-0.25, -0.2) is 8.42 Å². The molecular weight excluding hydrogens is 320 g/mol. The first-order valence-electron chi connectivity index (χ1n) is 5.23. The number of carbonyl (C=O) groups is 1. The van der Waals surface area contributed by atoms with E-state index in [9.17, 15) is 13.2 Å². The fourth-order valence-corrected chi connectivity index (χ4v) is 2.81. The summed E-state index contributed by atoms with van der Waals surface area (Å²) in [6, 6.07) is 5.41. The van der Waals surface area contributed by atoms with Crippen molar-refractivity contribution in [1.82, 2.24) is 9.62 Å². The van der Waals surface area contributed by atoms with Gasteiger partial charge in [-0.2, -0.15) is 4.72 Å². The van der Waals surface area contributed by atoms with E-state index in [0.717, 1.165) is 4.47 Å². The second-order valence-corrected chi connectivity index (χ2v) is 6.66. The first-order valence-corrected chi connectivity index (χ1v) is 7.50. The molecule has 1 amide bonds. The summed E-state index contributed by atoms with van der Waals surface area (Å²) in [6.45, 7) is 1.51. The lowest BCUT2D eigenvalue weighted by Crippen LogP contribution is -2.44. The van der Waals surface area contributed by atoms with Crippen LogP contribution in [0.15, 0.2) is 33.6 Å². The smallest absolute Gasteiger partial charge is 0.241 e. The van der Waals surface area contributed by atoms with Gasteiger partial charge in [-0.05, 0) is 31.2 Å². The number of rotatable bonds is 4. The third-order valence-electron chi connectivity index (χ3n) is 2.27. The molecule has 0 bridgehead atoms. The van der Waals surface area contributed by atoms with Crippen molar-refractivity contribution in [3.8, 4) is 0 Å². The van der Waals surface area contributed by atoms with E-state index in [2.05, 4.69) is 20.7 Å². The van der Waals surface area contributed by atoms with Crippen LogP contribution in [-0.2, 0) is 14.8 Å². The number of benzene rings is 1. The van der Waals surface area contributed by atoms with Crippen LogP contribution in [0.1, 0.15) is 6.92 Å². The number of halogens is 1. The lowest BCUT2D eigenvalue weighted by atomic mass is 10.3. The molecule has 0 radical (unpaired) electrons. The highest BCUT2D eigenvalue weighted by molar-refractivity contribution is 9.10. The van der Waals surface area contributed by atoms with Gasteiger partial charge in [0.25, 0.3) is 0 Å². The predicted molar refractivity (Wildman–Crippen MR) is 72.6 cm³/mol. The molecule has 0 heterocycles. The van der Waals surface area contributed by atoms with Crippen LogP contribution >= 0.6 is 15.9 Å². The number of nitrogens with one attached hydrogen (secondary N) is 1. The molecule has 5 nitrogen and oxygen atoms in total. The van der Waals surface area contributed by atoms with Gasteiger partial charge in [-0.3, -0.25) is 4.79 Å². The van der Waals surface area contributed by atoms with Crippen molar-refractivity contribution in [2.45, 2.75) is 17.9 Å². The zero-order chi connectivity index (χ0) is 13.9. The Morgan fingerprint density at radius 1 is 1.28 bits per heavy atom. The van der Waals surface area contributed by atoms with Crippen LogP contribution in [0.4, 0.5) is 0 Å². The molecule has 100 valence electrons. The highest BCUT2D eigenvalue weighted by atomic mass is 79.9. The van der Waals surface area contributed by atoms with Gasteiger partial charge in [0, 0.05) is 18.6 Å². The Bertz CT molecular complexity index is 526. The summed E-state index contributed by atoms with van der Waals surface area (Å²) < 4.78 is 27.1.